The Hall–Kier alpha value is 1.47. The second-order valence-electron chi connectivity index (χ2n) is 0.286. The summed E-state index contributed by atoms with van der Waals surface area (Å²) in [7, 11) is 0. The van der Waals surface area contributed by atoms with Crippen LogP contribution in [0.4, 0.5) is 0 Å². The van der Waals surface area contributed by atoms with Gasteiger partial charge in [0.2, 0.25) is 0 Å². The third kappa shape index (κ3) is 245. The smallest absolute Gasteiger partial charge is 0.784 e. The molecule has 0 fully saturated rings. The van der Waals surface area contributed by atoms with Crippen molar-refractivity contribution >= 4 is 11.4 Å². The Morgan fingerprint density at radius 2 is 1.33 bits per heavy atom. The number of rotatable bonds is 0. The summed E-state index contributed by atoms with van der Waals surface area (Å²) in [6.45, 7) is 0. The summed E-state index contributed by atoms with van der Waals surface area (Å²) in [6, 6.07) is 0. The molecule has 0 atom stereocenters. The molecule has 0 aliphatic heterocycles. The fourth-order valence-corrected chi connectivity index (χ4v) is 0. The van der Waals surface area contributed by atoms with Gasteiger partial charge in [0.25, 0.3) is 0 Å². The third-order valence-electron chi connectivity index (χ3n) is 0. The molecule has 0 bridgehead atoms. The maximum atomic E-state index is 8.44. The molecule has 0 amide bonds. The molecule has 0 aliphatic rings. The van der Waals surface area contributed by atoms with Crippen molar-refractivity contribution in [3.8, 4) is 0 Å². The minimum Gasteiger partial charge on any atom is -0.784 e. The fraction of sp³-hybridized carbons (Fsp3) is 0. The van der Waals surface area contributed by atoms with Gasteiger partial charge in [-0.05, 0) is 0 Å². The monoisotopic (exact) mass is 173 g/mol. The number of hydrogen-bond donors (Lipinski definition) is 1. The molecule has 0 aromatic carbocycles. The minimum atomic E-state index is -3.11. The zero-order valence-corrected chi connectivity index (χ0v) is 9.75. The van der Waals surface area contributed by atoms with Crippen molar-refractivity contribution in [2.45, 2.75) is 0 Å². The molecule has 0 aromatic rings. The van der Waals surface area contributed by atoms with Crippen LogP contribution < -0.4 is 59.1 Å². The van der Waals surface area contributed by atoms with Gasteiger partial charge in [0.05, 0.1) is 0 Å². The standard InChI is InChI=1S/HNO2.2Na.H2O3S/c2-1-3;;;1-4(2)3/h(H,2,3);;;(H2,1,2,3)/q;2*+1;/p-2. The van der Waals surface area contributed by atoms with Gasteiger partial charge in [-0.1, -0.05) is 0 Å². The van der Waals surface area contributed by atoms with E-state index < -0.39 is 11.4 Å². The molecular formula is HNNa2O5S. The summed E-state index contributed by atoms with van der Waals surface area (Å²) < 4.78 is 25.3. The van der Waals surface area contributed by atoms with E-state index in [2.05, 4.69) is 0 Å². The first-order chi connectivity index (χ1) is 3.15. The molecule has 0 unspecified atom stereocenters. The first-order valence-corrected chi connectivity index (χ1v) is 1.88. The van der Waals surface area contributed by atoms with Gasteiger partial charge in [-0.15, -0.1) is 16.3 Å². The van der Waals surface area contributed by atoms with Gasteiger partial charge in [0, 0.05) is 0 Å². The maximum absolute atomic E-state index is 8.44. The molecule has 0 radical (unpaired) electrons. The van der Waals surface area contributed by atoms with Gasteiger partial charge in [-0.25, -0.2) is 0 Å². The Morgan fingerprint density at radius 1 is 1.33 bits per heavy atom. The molecule has 0 aliphatic carbocycles. The summed E-state index contributed by atoms with van der Waals surface area (Å²) in [4.78, 5) is 8.11. The van der Waals surface area contributed by atoms with E-state index in [1.807, 2.05) is 0 Å². The number of hydrogen-bond acceptors (Lipinski definition) is 5. The average molecular weight is 173 g/mol. The maximum Gasteiger partial charge on any atom is 1.00 e. The number of nitrogens with zero attached hydrogens (tertiary/aromatic N) is 1. The van der Waals surface area contributed by atoms with Gasteiger partial charge >= 0.3 is 59.1 Å². The molecule has 0 heterocycles. The quantitative estimate of drug-likeness (QED) is 0.169. The summed E-state index contributed by atoms with van der Waals surface area (Å²) in [5.41, 5.74) is 0. The molecule has 0 saturated heterocycles. The molecule has 6 nitrogen and oxygen atoms in total. The second-order valence-corrected chi connectivity index (χ2v) is 0.694. The average Bonchev–Trinajstić information content (AvgIpc) is 1.33. The van der Waals surface area contributed by atoms with Gasteiger partial charge in [-0.3, -0.25) is 4.21 Å². The Kier molecular flexibility index (Phi) is 56.6. The molecule has 0 saturated carbocycles. The van der Waals surface area contributed by atoms with E-state index in [9.17, 15) is 0 Å². The van der Waals surface area contributed by atoms with E-state index in [1.54, 1.807) is 0 Å². The summed E-state index contributed by atoms with van der Waals surface area (Å²) in [6.07, 6.45) is 0. The van der Waals surface area contributed by atoms with Crippen molar-refractivity contribution in [2.24, 2.45) is 5.34 Å². The van der Waals surface area contributed by atoms with Gasteiger partial charge in [0.15, 0.2) is 5.34 Å². The molecule has 0 aromatic heterocycles. The molecule has 44 valence electrons. The van der Waals surface area contributed by atoms with E-state index in [-0.39, 0.29) is 59.1 Å². The zero-order chi connectivity index (χ0) is 6.28. The normalized spacial score (nSPS) is 5.22. The van der Waals surface area contributed by atoms with Crippen LogP contribution >= 0.6 is 0 Å². The van der Waals surface area contributed by atoms with Crippen LogP contribution in [-0.4, -0.2) is 18.5 Å². The Balaban J connectivity index is -0.0000000233. The van der Waals surface area contributed by atoms with Gasteiger partial charge in [0.1, 0.15) is 0 Å². The van der Waals surface area contributed by atoms with Crippen molar-refractivity contribution in [1.82, 2.24) is 0 Å². The molecule has 0 spiro atoms. The van der Waals surface area contributed by atoms with E-state index in [4.69, 9.17) is 23.4 Å². The summed E-state index contributed by atoms with van der Waals surface area (Å²) in [5, 5.41) is 7.89. The van der Waals surface area contributed by atoms with E-state index in [0.29, 0.717) is 0 Å². The van der Waals surface area contributed by atoms with Crippen molar-refractivity contribution < 1.29 is 77.6 Å². The Bertz CT molecular complexity index is 62.0. The summed E-state index contributed by atoms with van der Waals surface area (Å²) in [5.74, 6) is 0. The van der Waals surface area contributed by atoms with Crippen LogP contribution in [-0.2, 0) is 11.4 Å². The zero-order valence-electron chi connectivity index (χ0n) is 4.94. The topological polar surface area (TPSA) is 113 Å². The SMILES string of the molecule is O=NO.O=S([O-])[O-].[Na+].[Na+]. The van der Waals surface area contributed by atoms with Crippen LogP contribution in [0.15, 0.2) is 5.34 Å². The predicted molar refractivity (Wildman–Crippen MR) is 17.3 cm³/mol. The van der Waals surface area contributed by atoms with Crippen LogP contribution in [0.3, 0.4) is 0 Å². The Morgan fingerprint density at radius 3 is 1.33 bits per heavy atom. The van der Waals surface area contributed by atoms with Crippen LogP contribution in [0.2, 0.25) is 0 Å². The van der Waals surface area contributed by atoms with Gasteiger partial charge in [-0.2, -0.15) is 0 Å². The van der Waals surface area contributed by atoms with E-state index in [0.717, 1.165) is 0 Å². The molecule has 1 N–H and O–H groups in total. The summed E-state index contributed by atoms with van der Waals surface area (Å²) >= 11 is -3.11. The van der Waals surface area contributed by atoms with E-state index in [1.165, 1.54) is 5.34 Å². The predicted octanol–water partition coefficient (Wildman–Crippen LogP) is -6.85. The van der Waals surface area contributed by atoms with Crippen LogP contribution in [0.1, 0.15) is 0 Å². The van der Waals surface area contributed by atoms with E-state index >= 15 is 0 Å². The molecule has 9 heavy (non-hydrogen) atoms. The van der Waals surface area contributed by atoms with Crippen LogP contribution in [0.5, 0.6) is 0 Å². The minimum absolute atomic E-state index is 0. The first kappa shape index (κ1) is 22.4. The largest absolute Gasteiger partial charge is 1.00 e. The first-order valence-electron chi connectivity index (χ1n) is 0.883. The second kappa shape index (κ2) is 22.7. The molecular weight excluding hydrogens is 172 g/mol. The Labute approximate surface area is 98.0 Å². The fourth-order valence-electron chi connectivity index (χ4n) is 0. The van der Waals surface area contributed by atoms with Crippen molar-refractivity contribution in [2.75, 3.05) is 0 Å². The third-order valence-corrected chi connectivity index (χ3v) is 0. The van der Waals surface area contributed by atoms with Crippen molar-refractivity contribution in [1.29, 1.82) is 0 Å². The van der Waals surface area contributed by atoms with Crippen LogP contribution in [0.25, 0.3) is 0 Å². The molecule has 0 rings (SSSR count). The molecule has 9 heteroatoms. The van der Waals surface area contributed by atoms with Crippen LogP contribution in [0, 0.1) is 4.91 Å². The van der Waals surface area contributed by atoms with Gasteiger partial charge < -0.3 is 14.3 Å². The van der Waals surface area contributed by atoms with Crippen molar-refractivity contribution in [3.63, 3.8) is 0 Å². The van der Waals surface area contributed by atoms with Crippen molar-refractivity contribution in [3.05, 3.63) is 4.91 Å².